The van der Waals surface area contributed by atoms with Crippen molar-refractivity contribution in [3.8, 4) is 0 Å². The molecule has 6 nitrogen and oxygen atoms in total. The minimum atomic E-state index is -0.453. The fraction of sp³-hybridized carbons (Fsp3) is 0.318. The zero-order valence-corrected chi connectivity index (χ0v) is 15.9. The third-order valence-electron chi connectivity index (χ3n) is 6.13. The highest BCUT2D eigenvalue weighted by molar-refractivity contribution is 6.21. The molecule has 2 aliphatic heterocycles. The number of imidazole rings is 1. The lowest BCUT2D eigenvalue weighted by molar-refractivity contribution is -0.920. The number of halogens is 1. The second-order valence-corrected chi connectivity index (χ2v) is 7.88. The van der Waals surface area contributed by atoms with Crippen LogP contribution in [0.3, 0.4) is 0 Å². The van der Waals surface area contributed by atoms with Crippen LogP contribution in [0.25, 0.3) is 11.0 Å². The predicted octanol–water partition coefficient (Wildman–Crippen LogP) is 1.80. The molecule has 0 saturated carbocycles. The Bertz CT molecular complexity index is 1050. The first-order chi connectivity index (χ1) is 14.1. The maximum absolute atomic E-state index is 13.5. The number of nitrogens with one attached hydrogen (secondary N) is 2. The van der Waals surface area contributed by atoms with Gasteiger partial charge in [-0.25, -0.2) is 14.3 Å². The summed E-state index contributed by atoms with van der Waals surface area (Å²) >= 11 is 0. The molecular formula is C22H22FN4O2+. The van der Waals surface area contributed by atoms with Gasteiger partial charge in [0, 0.05) is 18.8 Å². The van der Waals surface area contributed by atoms with E-state index in [0.717, 1.165) is 52.6 Å². The van der Waals surface area contributed by atoms with Gasteiger partial charge >= 0.3 is 0 Å². The van der Waals surface area contributed by atoms with E-state index in [2.05, 4.69) is 4.98 Å². The Morgan fingerprint density at radius 2 is 1.86 bits per heavy atom. The summed E-state index contributed by atoms with van der Waals surface area (Å²) in [6, 6.07) is 13.3. The van der Waals surface area contributed by atoms with Gasteiger partial charge in [0.05, 0.1) is 36.2 Å². The van der Waals surface area contributed by atoms with Crippen molar-refractivity contribution in [1.29, 1.82) is 0 Å². The molecule has 2 N–H and O–H groups in total. The Morgan fingerprint density at radius 1 is 1.07 bits per heavy atom. The number of likely N-dealkylation sites (tertiary alicyclic amines) is 1. The van der Waals surface area contributed by atoms with Crippen molar-refractivity contribution in [3.05, 3.63) is 60.2 Å². The maximum Gasteiger partial charge on any atom is 0.292 e. The van der Waals surface area contributed by atoms with E-state index in [-0.39, 0.29) is 24.3 Å². The van der Waals surface area contributed by atoms with Crippen LogP contribution in [0.2, 0.25) is 0 Å². The largest absolute Gasteiger partial charge is 0.342 e. The number of carbonyl (C=O) groups is 2. The van der Waals surface area contributed by atoms with Crippen molar-refractivity contribution in [2.45, 2.75) is 31.2 Å². The Labute approximate surface area is 167 Å². The van der Waals surface area contributed by atoms with Gasteiger partial charge in [-0.2, -0.15) is 0 Å². The van der Waals surface area contributed by atoms with Gasteiger partial charge in [-0.3, -0.25) is 9.59 Å². The molecule has 2 saturated heterocycles. The number of rotatable bonds is 3. The number of hydrogen-bond donors (Lipinski definition) is 2. The fourth-order valence-corrected chi connectivity index (χ4v) is 4.61. The number of carbonyl (C=O) groups excluding carboxylic acids is 2. The Balaban J connectivity index is 1.28. The van der Waals surface area contributed by atoms with Gasteiger partial charge in [0.2, 0.25) is 5.91 Å². The van der Waals surface area contributed by atoms with Gasteiger partial charge in [0.1, 0.15) is 11.6 Å². The van der Waals surface area contributed by atoms with Crippen molar-refractivity contribution in [3.63, 3.8) is 0 Å². The first kappa shape index (κ1) is 18.0. The van der Waals surface area contributed by atoms with Crippen LogP contribution in [0, 0.1) is 5.82 Å². The van der Waals surface area contributed by atoms with Crippen molar-refractivity contribution in [1.82, 2.24) is 9.97 Å². The first-order valence-electron chi connectivity index (χ1n) is 10.0. The van der Waals surface area contributed by atoms with Crippen LogP contribution in [0.15, 0.2) is 48.5 Å². The smallest absolute Gasteiger partial charge is 0.292 e. The van der Waals surface area contributed by atoms with Crippen LogP contribution in [0.4, 0.5) is 10.1 Å². The summed E-state index contributed by atoms with van der Waals surface area (Å²) in [6.07, 6.45) is 2.00. The summed E-state index contributed by atoms with van der Waals surface area (Å²) in [6.45, 7) is 1.62. The van der Waals surface area contributed by atoms with E-state index in [4.69, 9.17) is 4.98 Å². The van der Waals surface area contributed by atoms with Gasteiger partial charge in [0.15, 0.2) is 6.04 Å². The van der Waals surface area contributed by atoms with Crippen LogP contribution >= 0.6 is 0 Å². The van der Waals surface area contributed by atoms with E-state index < -0.39 is 5.82 Å². The van der Waals surface area contributed by atoms with Gasteiger partial charge in [-0.15, -0.1) is 0 Å². The third-order valence-corrected chi connectivity index (χ3v) is 6.13. The molecule has 0 unspecified atom stereocenters. The predicted molar refractivity (Wildman–Crippen MR) is 106 cm³/mol. The summed E-state index contributed by atoms with van der Waals surface area (Å²) in [4.78, 5) is 35.8. The topological polar surface area (TPSA) is 70.5 Å². The van der Waals surface area contributed by atoms with Gasteiger partial charge in [-0.05, 0) is 30.3 Å². The molecule has 0 radical (unpaired) electrons. The molecule has 1 atom stereocenters. The highest BCUT2D eigenvalue weighted by atomic mass is 19.1. The number of quaternary nitrogens is 1. The van der Waals surface area contributed by atoms with Crippen molar-refractivity contribution < 1.29 is 18.9 Å². The van der Waals surface area contributed by atoms with Crippen molar-refractivity contribution in [2.75, 3.05) is 18.0 Å². The summed E-state index contributed by atoms with van der Waals surface area (Å²) in [5.74, 6) is 0.402. The highest BCUT2D eigenvalue weighted by Gasteiger charge is 2.46. The van der Waals surface area contributed by atoms with Gasteiger partial charge < -0.3 is 9.88 Å². The molecule has 0 bridgehead atoms. The molecule has 2 fully saturated rings. The Hall–Kier alpha value is -3.06. The van der Waals surface area contributed by atoms with E-state index in [1.54, 1.807) is 6.07 Å². The lowest BCUT2D eigenvalue weighted by atomic mass is 9.95. The molecule has 2 amide bonds. The van der Waals surface area contributed by atoms with Crippen molar-refractivity contribution in [2.24, 2.45) is 0 Å². The van der Waals surface area contributed by atoms with Gasteiger partial charge in [0.25, 0.3) is 5.91 Å². The number of H-pyrrole nitrogens is 1. The quantitative estimate of drug-likeness (QED) is 0.667. The number of anilines is 1. The molecule has 2 aliphatic rings. The third kappa shape index (κ3) is 3.21. The summed E-state index contributed by atoms with van der Waals surface area (Å²) in [5, 5.41) is 0. The van der Waals surface area contributed by atoms with E-state index in [1.807, 2.05) is 24.3 Å². The average molecular weight is 393 g/mol. The van der Waals surface area contributed by atoms with Crippen LogP contribution in [-0.4, -0.2) is 40.9 Å². The Kier molecular flexibility index (Phi) is 4.39. The number of benzene rings is 2. The molecule has 3 heterocycles. The molecule has 1 aromatic heterocycles. The SMILES string of the molecule is O=C1C[C@@H]([NH+]2CCC(c3nc4ccccc4[nH]3)CC2)C(=O)N1c1cccc(F)c1. The van der Waals surface area contributed by atoms with Crippen LogP contribution < -0.4 is 9.80 Å². The monoisotopic (exact) mass is 393 g/mol. The standard InChI is InChI=1S/C22H21FN4O2/c23-15-4-3-5-16(12-15)27-20(28)13-19(22(27)29)26-10-8-14(9-11-26)21-24-17-6-1-2-7-18(17)25-21/h1-7,12,14,19H,8-11,13H2,(H,24,25)/p+1/t19-/m1/s1. The van der Waals surface area contributed by atoms with E-state index >= 15 is 0 Å². The summed E-state index contributed by atoms with van der Waals surface area (Å²) in [5.41, 5.74) is 2.33. The second-order valence-electron chi connectivity index (χ2n) is 7.88. The molecular weight excluding hydrogens is 371 g/mol. The van der Waals surface area contributed by atoms with Crippen LogP contribution in [0.1, 0.15) is 31.0 Å². The number of piperidine rings is 1. The number of nitrogens with zero attached hydrogens (tertiary/aromatic N) is 2. The van der Waals surface area contributed by atoms with Crippen molar-refractivity contribution >= 4 is 28.5 Å². The number of imide groups is 1. The molecule has 3 aromatic rings. The maximum atomic E-state index is 13.5. The second kappa shape index (κ2) is 7.08. The average Bonchev–Trinajstić information content (AvgIpc) is 3.29. The molecule has 0 aliphatic carbocycles. The fourth-order valence-electron chi connectivity index (χ4n) is 4.61. The number of aromatic amines is 1. The Morgan fingerprint density at radius 3 is 2.62 bits per heavy atom. The summed E-state index contributed by atoms with van der Waals surface area (Å²) < 4.78 is 13.5. The number of para-hydroxylation sites is 2. The number of aromatic nitrogens is 2. The molecule has 7 heteroatoms. The molecule has 29 heavy (non-hydrogen) atoms. The zero-order valence-electron chi connectivity index (χ0n) is 15.9. The normalized spacial score (nSPS) is 25.1. The zero-order chi connectivity index (χ0) is 20.0. The molecule has 2 aromatic carbocycles. The minimum absolute atomic E-state index is 0.181. The first-order valence-corrected chi connectivity index (χ1v) is 10.0. The number of hydrogen-bond acceptors (Lipinski definition) is 3. The van der Waals surface area contributed by atoms with Gasteiger partial charge in [-0.1, -0.05) is 18.2 Å². The lowest BCUT2D eigenvalue weighted by Gasteiger charge is -2.31. The van der Waals surface area contributed by atoms with Crippen LogP contribution in [-0.2, 0) is 9.59 Å². The number of fused-ring (bicyclic) bond motifs is 1. The summed E-state index contributed by atoms with van der Waals surface area (Å²) in [7, 11) is 0. The minimum Gasteiger partial charge on any atom is -0.342 e. The highest BCUT2D eigenvalue weighted by Crippen LogP contribution is 2.26. The van der Waals surface area contributed by atoms with E-state index in [9.17, 15) is 14.0 Å². The number of amides is 2. The lowest BCUT2D eigenvalue weighted by Crippen LogP contribution is -3.17. The van der Waals surface area contributed by atoms with Crippen LogP contribution in [0.5, 0.6) is 0 Å². The van der Waals surface area contributed by atoms with E-state index in [1.165, 1.54) is 18.2 Å². The van der Waals surface area contributed by atoms with E-state index in [0.29, 0.717) is 11.6 Å². The molecule has 148 valence electrons. The molecule has 0 spiro atoms. The molecule has 5 rings (SSSR count).